The fraction of sp³-hybridized carbons (Fsp3) is 1.00. The Labute approximate surface area is 120 Å². The van der Waals surface area contributed by atoms with Gasteiger partial charge in [-0.25, -0.2) is 3.11 Å². The van der Waals surface area contributed by atoms with Crippen molar-refractivity contribution in [2.75, 3.05) is 39.3 Å². The lowest BCUT2D eigenvalue weighted by Gasteiger charge is -2.47. The second-order valence-electron chi connectivity index (χ2n) is 5.66. The molecule has 2 aliphatic heterocycles. The molecule has 3 atom stereocenters. The van der Waals surface area contributed by atoms with Crippen molar-refractivity contribution in [3.05, 3.63) is 0 Å². The molecule has 0 spiro atoms. The van der Waals surface area contributed by atoms with Crippen molar-refractivity contribution < 1.29 is 0 Å². The highest BCUT2D eigenvalue weighted by molar-refractivity contribution is 14.1. The van der Waals surface area contributed by atoms with Crippen molar-refractivity contribution in [1.29, 1.82) is 0 Å². The molecule has 0 aliphatic carbocycles. The van der Waals surface area contributed by atoms with Crippen molar-refractivity contribution in [3.8, 4) is 0 Å². The lowest BCUT2D eigenvalue weighted by atomic mass is 9.88. The van der Waals surface area contributed by atoms with E-state index in [9.17, 15) is 0 Å². The molecule has 1 unspecified atom stereocenters. The number of rotatable bonds is 2. The number of likely N-dealkylation sites (tertiary alicyclic amines) is 1. The Bertz CT molecular complexity index is 241. The van der Waals surface area contributed by atoms with Gasteiger partial charge in [0.25, 0.3) is 0 Å². The van der Waals surface area contributed by atoms with E-state index >= 15 is 0 Å². The third kappa shape index (κ3) is 3.33. The smallest absolute Gasteiger partial charge is 0.0209 e. The number of piperidine rings is 1. The molecular weight excluding hydrogens is 325 g/mol. The molecule has 17 heavy (non-hydrogen) atoms. The third-order valence-electron chi connectivity index (χ3n) is 4.52. The molecule has 2 fully saturated rings. The zero-order chi connectivity index (χ0) is 12.4. The van der Waals surface area contributed by atoms with Crippen LogP contribution in [0.3, 0.4) is 0 Å². The Morgan fingerprint density at radius 1 is 1.12 bits per heavy atom. The number of hydrogen-bond acceptors (Lipinski definition) is 3. The maximum atomic E-state index is 2.74. The number of hydrogen-bond donors (Lipinski definition) is 0. The second kappa shape index (κ2) is 6.17. The molecule has 0 saturated carbocycles. The van der Waals surface area contributed by atoms with E-state index in [0.29, 0.717) is 0 Å². The van der Waals surface area contributed by atoms with Crippen molar-refractivity contribution in [2.45, 2.75) is 39.3 Å². The quantitative estimate of drug-likeness (QED) is 0.557. The van der Waals surface area contributed by atoms with Gasteiger partial charge in [-0.3, -0.25) is 4.90 Å². The standard InChI is InChI=1S/C13H26IN3/c1-4-15-10-11(2)13(9-12(15)3)16-5-7-17(14)8-6-16/h11-13H,4-10H2,1-3H3/t11-,12+,13?/m0/s1. The van der Waals surface area contributed by atoms with Crippen LogP contribution >= 0.6 is 22.9 Å². The molecule has 0 radical (unpaired) electrons. The molecule has 100 valence electrons. The summed E-state index contributed by atoms with van der Waals surface area (Å²) in [6.07, 6.45) is 1.36. The van der Waals surface area contributed by atoms with Crippen LogP contribution < -0.4 is 0 Å². The first-order chi connectivity index (χ1) is 8.11. The molecule has 0 amide bonds. The summed E-state index contributed by atoms with van der Waals surface area (Å²) in [5, 5.41) is 0. The van der Waals surface area contributed by atoms with Crippen molar-refractivity contribution >= 4 is 22.9 Å². The minimum absolute atomic E-state index is 0.763. The number of halogens is 1. The normalized spacial score (nSPS) is 38.5. The van der Waals surface area contributed by atoms with Crippen molar-refractivity contribution in [3.63, 3.8) is 0 Å². The number of piperazine rings is 1. The molecule has 2 heterocycles. The molecule has 4 heteroatoms. The first-order valence-corrected chi connectivity index (χ1v) is 7.97. The summed E-state index contributed by atoms with van der Waals surface area (Å²) >= 11 is 2.45. The molecule has 3 nitrogen and oxygen atoms in total. The van der Waals surface area contributed by atoms with E-state index in [1.54, 1.807) is 0 Å². The van der Waals surface area contributed by atoms with E-state index in [1.807, 2.05) is 0 Å². The lowest BCUT2D eigenvalue weighted by Crippen LogP contribution is -2.57. The summed E-state index contributed by atoms with van der Waals surface area (Å²) in [6.45, 7) is 14.6. The highest BCUT2D eigenvalue weighted by Gasteiger charge is 2.34. The van der Waals surface area contributed by atoms with Gasteiger partial charge < -0.3 is 4.90 Å². The van der Waals surface area contributed by atoms with Crippen LogP contribution in [0.4, 0.5) is 0 Å². The van der Waals surface area contributed by atoms with Gasteiger partial charge in [-0.1, -0.05) is 13.8 Å². The molecule has 0 bridgehead atoms. The number of nitrogens with zero attached hydrogens (tertiary/aromatic N) is 3. The summed E-state index contributed by atoms with van der Waals surface area (Å²) < 4.78 is 2.42. The molecular formula is C13H26IN3. The van der Waals surface area contributed by atoms with Gasteiger partial charge in [-0.05, 0) is 25.8 Å². The maximum Gasteiger partial charge on any atom is 0.0209 e. The molecule has 0 aromatic heterocycles. The van der Waals surface area contributed by atoms with Crippen LogP contribution in [0.5, 0.6) is 0 Å². The first kappa shape index (κ1) is 14.0. The van der Waals surface area contributed by atoms with E-state index in [1.165, 1.54) is 45.7 Å². The Kier molecular flexibility index (Phi) is 5.09. The van der Waals surface area contributed by atoms with Gasteiger partial charge in [-0.2, -0.15) is 0 Å². The summed E-state index contributed by atoms with van der Waals surface area (Å²) in [7, 11) is 0. The third-order valence-corrected chi connectivity index (χ3v) is 5.49. The Balaban J connectivity index is 1.92. The molecule has 2 rings (SSSR count). The van der Waals surface area contributed by atoms with E-state index < -0.39 is 0 Å². The Morgan fingerprint density at radius 3 is 2.35 bits per heavy atom. The SMILES string of the molecule is CCN1C[C@H](C)C(N2CCN(I)CC2)C[C@H]1C. The highest BCUT2D eigenvalue weighted by atomic mass is 127. The van der Waals surface area contributed by atoms with E-state index in [4.69, 9.17) is 0 Å². The molecule has 2 aliphatic rings. The monoisotopic (exact) mass is 351 g/mol. The maximum absolute atomic E-state index is 2.74. The largest absolute Gasteiger partial charge is 0.301 e. The van der Waals surface area contributed by atoms with Gasteiger partial charge in [0.1, 0.15) is 0 Å². The average molecular weight is 351 g/mol. The van der Waals surface area contributed by atoms with Gasteiger partial charge in [-0.15, -0.1) is 0 Å². The van der Waals surface area contributed by atoms with Crippen LogP contribution in [0.2, 0.25) is 0 Å². The first-order valence-electron chi connectivity index (χ1n) is 7.00. The Hall–Kier alpha value is 0.610. The van der Waals surface area contributed by atoms with Crippen LogP contribution in [0.25, 0.3) is 0 Å². The van der Waals surface area contributed by atoms with Gasteiger partial charge in [0.15, 0.2) is 0 Å². The summed E-state index contributed by atoms with van der Waals surface area (Å²) in [5.74, 6) is 0.826. The minimum atomic E-state index is 0.763. The molecule has 0 N–H and O–H groups in total. The fourth-order valence-corrected chi connectivity index (χ4v) is 3.81. The zero-order valence-corrected chi connectivity index (χ0v) is 13.6. The topological polar surface area (TPSA) is 9.72 Å². The van der Waals surface area contributed by atoms with E-state index in [0.717, 1.165) is 18.0 Å². The van der Waals surface area contributed by atoms with Crippen LogP contribution in [0.15, 0.2) is 0 Å². The highest BCUT2D eigenvalue weighted by Crippen LogP contribution is 2.27. The zero-order valence-electron chi connectivity index (χ0n) is 11.4. The van der Waals surface area contributed by atoms with Gasteiger partial charge in [0.05, 0.1) is 0 Å². The predicted molar refractivity (Wildman–Crippen MR) is 81.4 cm³/mol. The second-order valence-corrected chi connectivity index (χ2v) is 7.03. The van der Waals surface area contributed by atoms with Crippen molar-refractivity contribution in [2.24, 2.45) is 5.92 Å². The lowest BCUT2D eigenvalue weighted by molar-refractivity contribution is 0.0231. The van der Waals surface area contributed by atoms with Gasteiger partial charge in [0.2, 0.25) is 0 Å². The predicted octanol–water partition coefficient (Wildman–Crippen LogP) is 2.07. The van der Waals surface area contributed by atoms with Crippen LogP contribution in [0, 0.1) is 5.92 Å². The molecule has 2 saturated heterocycles. The van der Waals surface area contributed by atoms with Crippen LogP contribution in [0.1, 0.15) is 27.2 Å². The van der Waals surface area contributed by atoms with Crippen LogP contribution in [-0.4, -0.2) is 64.3 Å². The van der Waals surface area contributed by atoms with Crippen molar-refractivity contribution in [1.82, 2.24) is 12.9 Å². The van der Waals surface area contributed by atoms with Gasteiger partial charge in [0, 0.05) is 67.7 Å². The molecule has 0 aromatic carbocycles. The minimum Gasteiger partial charge on any atom is -0.301 e. The van der Waals surface area contributed by atoms with Crippen LogP contribution in [-0.2, 0) is 0 Å². The summed E-state index contributed by atoms with van der Waals surface area (Å²) in [4.78, 5) is 5.37. The summed E-state index contributed by atoms with van der Waals surface area (Å²) in [6, 6.07) is 1.58. The molecule has 0 aromatic rings. The average Bonchev–Trinajstić information content (AvgIpc) is 2.33. The summed E-state index contributed by atoms with van der Waals surface area (Å²) in [5.41, 5.74) is 0. The fourth-order valence-electron chi connectivity index (χ4n) is 3.38. The van der Waals surface area contributed by atoms with E-state index in [2.05, 4.69) is 56.5 Å². The van der Waals surface area contributed by atoms with Gasteiger partial charge >= 0.3 is 0 Å². The Morgan fingerprint density at radius 2 is 1.76 bits per heavy atom. The van der Waals surface area contributed by atoms with E-state index in [-0.39, 0.29) is 0 Å².